The first-order chi connectivity index (χ1) is 15.9. The van der Waals surface area contributed by atoms with Crippen LogP contribution in [0.1, 0.15) is 16.8 Å². The van der Waals surface area contributed by atoms with Crippen LogP contribution in [0.25, 0.3) is 0 Å². The molecule has 166 valence electrons. The summed E-state index contributed by atoms with van der Waals surface area (Å²) in [6, 6.07) is 23.8. The molecule has 4 rings (SSSR count). The average Bonchev–Trinajstić information content (AvgIpc) is 3.05. The number of nitrogens with zero attached hydrogens (tertiary/aromatic N) is 2. The molecular weight excluding hydrogens is 551 g/mol. The average molecular weight is 570 g/mol. The molecule has 1 aliphatic heterocycles. The Morgan fingerprint density at radius 1 is 0.909 bits per heavy atom. The molecule has 1 fully saturated rings. The van der Waals surface area contributed by atoms with Crippen LogP contribution < -0.4 is 15.6 Å². The fourth-order valence-electron chi connectivity index (χ4n) is 3.40. The largest absolute Gasteiger partial charge is 0.326 e. The number of thiocarbonyl (C=S) groups is 1. The van der Waals surface area contributed by atoms with Gasteiger partial charge in [-0.05, 0) is 83.3 Å². The molecule has 0 aliphatic carbocycles. The molecule has 0 radical (unpaired) electrons. The third-order valence-corrected chi connectivity index (χ3v) is 6.09. The van der Waals surface area contributed by atoms with Gasteiger partial charge in [-0.3, -0.25) is 24.7 Å². The Morgan fingerprint density at radius 3 is 2.15 bits per heavy atom. The number of carbonyl (C=O) groups excluding carboxylic acids is 3. The van der Waals surface area contributed by atoms with Crippen molar-refractivity contribution in [2.75, 3.05) is 10.2 Å². The topological polar surface area (TPSA) is 81.8 Å². The SMILES string of the molecule is O=C(CC1C(=O)N(c2ccccc2)C(=S)N1NC(=O)c1ccccc1)Nc1ccc(I)cc1. The molecule has 33 heavy (non-hydrogen) atoms. The fourth-order valence-corrected chi connectivity index (χ4v) is 4.13. The van der Waals surface area contributed by atoms with Gasteiger partial charge in [0.05, 0.1) is 12.1 Å². The van der Waals surface area contributed by atoms with Gasteiger partial charge >= 0.3 is 0 Å². The lowest BCUT2D eigenvalue weighted by atomic mass is 10.1. The normalized spacial score (nSPS) is 15.5. The second kappa shape index (κ2) is 10.1. The molecule has 0 bridgehead atoms. The van der Waals surface area contributed by atoms with Gasteiger partial charge < -0.3 is 5.32 Å². The van der Waals surface area contributed by atoms with Crippen molar-refractivity contribution in [3.8, 4) is 0 Å². The minimum Gasteiger partial charge on any atom is -0.326 e. The van der Waals surface area contributed by atoms with E-state index >= 15 is 0 Å². The highest BCUT2D eigenvalue weighted by Gasteiger charge is 2.45. The Hall–Kier alpha value is -3.31. The summed E-state index contributed by atoms with van der Waals surface area (Å²) in [5.41, 5.74) is 4.30. The molecule has 3 aromatic carbocycles. The van der Waals surface area contributed by atoms with E-state index in [4.69, 9.17) is 12.2 Å². The van der Waals surface area contributed by atoms with Crippen LogP contribution >= 0.6 is 34.8 Å². The molecule has 0 aromatic heterocycles. The van der Waals surface area contributed by atoms with Crippen molar-refractivity contribution in [2.45, 2.75) is 12.5 Å². The van der Waals surface area contributed by atoms with Gasteiger partial charge in [0.25, 0.3) is 11.8 Å². The van der Waals surface area contributed by atoms with Crippen molar-refractivity contribution in [3.63, 3.8) is 0 Å². The van der Waals surface area contributed by atoms with Gasteiger partial charge in [-0.1, -0.05) is 36.4 Å². The smallest absolute Gasteiger partial charge is 0.269 e. The van der Waals surface area contributed by atoms with Gasteiger partial charge in [0.15, 0.2) is 0 Å². The Labute approximate surface area is 209 Å². The van der Waals surface area contributed by atoms with Gasteiger partial charge in [0, 0.05) is 14.8 Å². The number of nitrogens with one attached hydrogen (secondary N) is 2. The lowest BCUT2D eigenvalue weighted by molar-refractivity contribution is -0.124. The lowest BCUT2D eigenvalue weighted by Crippen LogP contribution is -2.49. The summed E-state index contributed by atoms with van der Waals surface area (Å²) < 4.78 is 1.04. The highest BCUT2D eigenvalue weighted by molar-refractivity contribution is 14.1. The summed E-state index contributed by atoms with van der Waals surface area (Å²) >= 11 is 7.72. The Kier molecular flexibility index (Phi) is 6.99. The molecular formula is C24H19IN4O3S. The maximum absolute atomic E-state index is 13.3. The van der Waals surface area contributed by atoms with Crippen molar-refractivity contribution in [2.24, 2.45) is 0 Å². The fraction of sp³-hybridized carbons (Fsp3) is 0.0833. The van der Waals surface area contributed by atoms with Crippen LogP contribution in [-0.2, 0) is 9.59 Å². The van der Waals surface area contributed by atoms with Crippen molar-refractivity contribution in [1.29, 1.82) is 0 Å². The predicted octanol–water partition coefficient (Wildman–Crippen LogP) is 3.97. The number of benzene rings is 3. The maximum Gasteiger partial charge on any atom is 0.269 e. The molecule has 3 aromatic rings. The zero-order chi connectivity index (χ0) is 23.4. The van der Waals surface area contributed by atoms with E-state index < -0.39 is 17.9 Å². The molecule has 1 saturated heterocycles. The molecule has 0 spiro atoms. The van der Waals surface area contributed by atoms with Gasteiger partial charge in [0.1, 0.15) is 6.04 Å². The second-order valence-electron chi connectivity index (χ2n) is 7.24. The molecule has 9 heteroatoms. The third-order valence-electron chi connectivity index (χ3n) is 4.99. The lowest BCUT2D eigenvalue weighted by Gasteiger charge is -2.24. The van der Waals surface area contributed by atoms with Gasteiger partial charge in [0.2, 0.25) is 11.0 Å². The van der Waals surface area contributed by atoms with Crippen LogP contribution in [-0.4, -0.2) is 33.9 Å². The number of halogens is 1. The van der Waals surface area contributed by atoms with Crippen LogP contribution in [0.15, 0.2) is 84.9 Å². The summed E-state index contributed by atoms with van der Waals surface area (Å²) in [5.74, 6) is -1.19. The van der Waals surface area contributed by atoms with E-state index in [-0.39, 0.29) is 17.4 Å². The highest BCUT2D eigenvalue weighted by atomic mass is 127. The number of hydrogen-bond acceptors (Lipinski definition) is 4. The van der Waals surface area contributed by atoms with Crippen LogP contribution in [0.3, 0.4) is 0 Å². The number of rotatable bonds is 6. The number of carbonyl (C=O) groups is 3. The van der Waals surface area contributed by atoms with E-state index in [1.807, 2.05) is 18.2 Å². The van der Waals surface area contributed by atoms with Crippen molar-refractivity contribution in [3.05, 3.63) is 94.1 Å². The molecule has 1 heterocycles. The number of hydrogen-bond donors (Lipinski definition) is 2. The Bertz CT molecular complexity index is 1190. The standard InChI is InChI=1S/C24H19IN4O3S/c25-17-11-13-18(14-12-17)26-21(30)15-20-23(32)28(19-9-5-2-6-10-19)24(33)29(20)27-22(31)16-7-3-1-4-8-16/h1-14,20H,15H2,(H,26,30)(H,27,31). The van der Waals surface area contributed by atoms with Crippen molar-refractivity contribution in [1.82, 2.24) is 10.4 Å². The second-order valence-corrected chi connectivity index (χ2v) is 8.85. The van der Waals surface area contributed by atoms with Crippen molar-refractivity contribution < 1.29 is 14.4 Å². The van der Waals surface area contributed by atoms with Crippen molar-refractivity contribution >= 4 is 69.0 Å². The highest BCUT2D eigenvalue weighted by Crippen LogP contribution is 2.26. The monoisotopic (exact) mass is 570 g/mol. The summed E-state index contributed by atoms with van der Waals surface area (Å²) in [6.07, 6.45) is -0.191. The molecule has 1 unspecified atom stereocenters. The van der Waals surface area contributed by atoms with Gasteiger partial charge in [-0.2, -0.15) is 0 Å². The molecule has 2 N–H and O–H groups in total. The van der Waals surface area contributed by atoms with Gasteiger partial charge in [-0.15, -0.1) is 0 Å². The maximum atomic E-state index is 13.3. The Balaban J connectivity index is 1.58. The first-order valence-corrected chi connectivity index (χ1v) is 11.6. The van der Waals surface area contributed by atoms with Crippen LogP contribution in [0.4, 0.5) is 11.4 Å². The predicted molar refractivity (Wildman–Crippen MR) is 138 cm³/mol. The summed E-state index contributed by atoms with van der Waals surface area (Å²) in [6.45, 7) is 0. The van der Waals surface area contributed by atoms with Crippen LogP contribution in [0, 0.1) is 3.57 Å². The molecule has 0 saturated carbocycles. The van der Waals surface area contributed by atoms with Gasteiger partial charge in [-0.25, -0.2) is 5.01 Å². The van der Waals surface area contributed by atoms with Crippen LogP contribution in [0.5, 0.6) is 0 Å². The van der Waals surface area contributed by atoms with Crippen LogP contribution in [0.2, 0.25) is 0 Å². The summed E-state index contributed by atoms with van der Waals surface area (Å²) in [5, 5.41) is 4.19. The molecule has 1 aliphatic rings. The molecule has 7 nitrogen and oxygen atoms in total. The zero-order valence-electron chi connectivity index (χ0n) is 17.3. The first-order valence-electron chi connectivity index (χ1n) is 10.1. The van der Waals surface area contributed by atoms with E-state index in [0.717, 1.165) is 3.57 Å². The quantitative estimate of drug-likeness (QED) is 0.347. The number of amides is 3. The minimum absolute atomic E-state index is 0.0996. The number of hydrazine groups is 1. The van der Waals surface area contributed by atoms with E-state index in [2.05, 4.69) is 33.3 Å². The Morgan fingerprint density at radius 2 is 1.52 bits per heavy atom. The minimum atomic E-state index is -0.991. The molecule has 1 atom stereocenters. The van der Waals surface area contributed by atoms with E-state index in [9.17, 15) is 14.4 Å². The zero-order valence-corrected chi connectivity index (χ0v) is 20.2. The first kappa shape index (κ1) is 22.9. The van der Waals surface area contributed by atoms with E-state index in [0.29, 0.717) is 16.9 Å². The summed E-state index contributed by atoms with van der Waals surface area (Å²) in [7, 11) is 0. The summed E-state index contributed by atoms with van der Waals surface area (Å²) in [4.78, 5) is 40.3. The van der Waals surface area contributed by atoms with E-state index in [1.54, 1.807) is 66.7 Å². The number of para-hydroxylation sites is 1. The number of anilines is 2. The third kappa shape index (κ3) is 5.20. The molecule has 3 amide bonds. The van der Waals surface area contributed by atoms with E-state index in [1.165, 1.54) is 9.91 Å².